The van der Waals surface area contributed by atoms with Crippen LogP contribution in [0.3, 0.4) is 0 Å². The van der Waals surface area contributed by atoms with Gasteiger partial charge in [-0.05, 0) is 38.4 Å². The zero-order chi connectivity index (χ0) is 12.3. The van der Waals surface area contributed by atoms with Gasteiger partial charge >= 0.3 is 0 Å². The van der Waals surface area contributed by atoms with Crippen LogP contribution in [0.1, 0.15) is 31.7 Å². The summed E-state index contributed by atoms with van der Waals surface area (Å²) in [5.41, 5.74) is 0.684. The zero-order valence-electron chi connectivity index (χ0n) is 10.6. The molecule has 0 radical (unpaired) electrons. The van der Waals surface area contributed by atoms with E-state index in [0.29, 0.717) is 23.9 Å². The van der Waals surface area contributed by atoms with E-state index in [0.717, 1.165) is 6.54 Å². The van der Waals surface area contributed by atoms with Crippen LogP contribution < -0.4 is 4.74 Å². The number of ether oxygens (including phenoxy) is 1. The molecule has 1 fully saturated rings. The van der Waals surface area contributed by atoms with Gasteiger partial charge in [0, 0.05) is 18.2 Å². The summed E-state index contributed by atoms with van der Waals surface area (Å²) in [6.07, 6.45) is 3.70. The lowest BCUT2D eigenvalue weighted by atomic mass is 10.0. The van der Waals surface area contributed by atoms with Crippen LogP contribution in [0.15, 0.2) is 18.2 Å². The monoisotopic (exact) mass is 237 g/mol. The molecule has 0 aromatic heterocycles. The number of hydrogen-bond donors (Lipinski definition) is 0. The van der Waals surface area contributed by atoms with Gasteiger partial charge in [-0.15, -0.1) is 0 Å². The molecule has 0 amide bonds. The van der Waals surface area contributed by atoms with Gasteiger partial charge in [0.05, 0.1) is 7.11 Å². The van der Waals surface area contributed by atoms with E-state index in [-0.39, 0.29) is 5.82 Å². The van der Waals surface area contributed by atoms with Crippen molar-refractivity contribution in [3.63, 3.8) is 0 Å². The fraction of sp³-hybridized carbons (Fsp3) is 0.571. The maximum Gasteiger partial charge on any atom is 0.131 e. The van der Waals surface area contributed by atoms with Crippen LogP contribution in [0.25, 0.3) is 0 Å². The van der Waals surface area contributed by atoms with Crippen LogP contribution in [0.5, 0.6) is 5.75 Å². The third-order valence-electron chi connectivity index (χ3n) is 3.60. The second-order valence-electron chi connectivity index (χ2n) is 4.74. The topological polar surface area (TPSA) is 12.5 Å². The minimum Gasteiger partial charge on any atom is -0.496 e. The van der Waals surface area contributed by atoms with E-state index in [4.69, 9.17) is 4.74 Å². The Labute approximate surface area is 102 Å². The molecular formula is C14H20FNO. The molecule has 0 aliphatic carbocycles. The Morgan fingerprint density at radius 2 is 2.24 bits per heavy atom. The Bertz CT molecular complexity index is 380. The summed E-state index contributed by atoms with van der Waals surface area (Å²) in [5.74, 6) is 0.491. The summed E-state index contributed by atoms with van der Waals surface area (Å²) >= 11 is 0. The highest BCUT2D eigenvalue weighted by atomic mass is 19.1. The first kappa shape index (κ1) is 12.4. The molecule has 2 nitrogen and oxygen atoms in total. The van der Waals surface area contributed by atoms with E-state index >= 15 is 0 Å². The molecule has 1 aliphatic heterocycles. The molecule has 0 N–H and O–H groups in total. The Morgan fingerprint density at radius 3 is 2.94 bits per heavy atom. The minimum absolute atomic E-state index is 0.165. The second-order valence-corrected chi connectivity index (χ2v) is 4.74. The maximum absolute atomic E-state index is 13.8. The third kappa shape index (κ3) is 2.78. The minimum atomic E-state index is -0.165. The SMILES string of the molecule is COc1cccc(F)c1CN1CCCCC1C. The number of benzene rings is 1. The Morgan fingerprint density at radius 1 is 1.41 bits per heavy atom. The number of piperidine rings is 1. The number of rotatable bonds is 3. The molecule has 94 valence electrons. The van der Waals surface area contributed by atoms with Crippen LogP contribution in [0.2, 0.25) is 0 Å². The molecule has 1 aromatic rings. The highest BCUT2D eigenvalue weighted by Crippen LogP contribution is 2.26. The van der Waals surface area contributed by atoms with E-state index < -0.39 is 0 Å². The Kier molecular flexibility index (Phi) is 4.00. The molecule has 2 rings (SSSR count). The lowest BCUT2D eigenvalue weighted by Crippen LogP contribution is -2.37. The van der Waals surface area contributed by atoms with Crippen molar-refractivity contribution in [2.75, 3.05) is 13.7 Å². The zero-order valence-corrected chi connectivity index (χ0v) is 10.6. The molecule has 0 spiro atoms. The fourth-order valence-corrected chi connectivity index (χ4v) is 2.48. The molecule has 1 heterocycles. The lowest BCUT2D eigenvalue weighted by molar-refractivity contribution is 0.149. The normalized spacial score (nSPS) is 21.5. The highest BCUT2D eigenvalue weighted by Gasteiger charge is 2.21. The van der Waals surface area contributed by atoms with Crippen molar-refractivity contribution >= 4 is 0 Å². The van der Waals surface area contributed by atoms with E-state index in [2.05, 4.69) is 11.8 Å². The van der Waals surface area contributed by atoms with E-state index in [1.807, 2.05) is 6.07 Å². The Balaban J connectivity index is 2.16. The highest BCUT2D eigenvalue weighted by molar-refractivity contribution is 5.34. The van der Waals surface area contributed by atoms with Crippen molar-refractivity contribution in [2.45, 2.75) is 38.8 Å². The van der Waals surface area contributed by atoms with Gasteiger partial charge in [0.1, 0.15) is 11.6 Å². The van der Waals surface area contributed by atoms with Crippen LogP contribution >= 0.6 is 0 Å². The quantitative estimate of drug-likeness (QED) is 0.800. The van der Waals surface area contributed by atoms with Gasteiger partial charge in [0.25, 0.3) is 0 Å². The molecule has 1 unspecified atom stereocenters. The molecule has 1 aromatic carbocycles. The van der Waals surface area contributed by atoms with E-state index in [1.165, 1.54) is 25.3 Å². The van der Waals surface area contributed by atoms with Gasteiger partial charge in [0.15, 0.2) is 0 Å². The summed E-state index contributed by atoms with van der Waals surface area (Å²) in [5, 5.41) is 0. The smallest absolute Gasteiger partial charge is 0.131 e. The summed E-state index contributed by atoms with van der Waals surface area (Å²) < 4.78 is 19.0. The fourth-order valence-electron chi connectivity index (χ4n) is 2.48. The van der Waals surface area contributed by atoms with E-state index in [9.17, 15) is 4.39 Å². The van der Waals surface area contributed by atoms with Crippen molar-refractivity contribution in [3.05, 3.63) is 29.6 Å². The standard InChI is InChI=1S/C14H20FNO/c1-11-6-3-4-9-16(11)10-12-13(15)7-5-8-14(12)17-2/h5,7-8,11H,3-4,6,9-10H2,1-2H3. The van der Waals surface area contributed by atoms with Crippen LogP contribution in [-0.2, 0) is 6.54 Å². The first-order valence-electron chi connectivity index (χ1n) is 6.28. The van der Waals surface area contributed by atoms with Crippen molar-refractivity contribution in [3.8, 4) is 5.75 Å². The van der Waals surface area contributed by atoms with Gasteiger partial charge in [0.2, 0.25) is 0 Å². The van der Waals surface area contributed by atoms with Crippen molar-refractivity contribution in [1.29, 1.82) is 0 Å². The summed E-state index contributed by atoms with van der Waals surface area (Å²) in [4.78, 5) is 2.34. The summed E-state index contributed by atoms with van der Waals surface area (Å²) in [7, 11) is 1.60. The molecule has 1 saturated heterocycles. The van der Waals surface area contributed by atoms with E-state index in [1.54, 1.807) is 13.2 Å². The molecule has 3 heteroatoms. The first-order valence-corrected chi connectivity index (χ1v) is 6.28. The number of methoxy groups -OCH3 is 1. The van der Waals surface area contributed by atoms with Crippen LogP contribution in [-0.4, -0.2) is 24.6 Å². The van der Waals surface area contributed by atoms with Crippen molar-refractivity contribution < 1.29 is 9.13 Å². The molecular weight excluding hydrogens is 217 g/mol. The summed E-state index contributed by atoms with van der Waals surface area (Å²) in [6, 6.07) is 5.56. The van der Waals surface area contributed by atoms with Crippen LogP contribution in [0, 0.1) is 5.82 Å². The maximum atomic E-state index is 13.8. The van der Waals surface area contributed by atoms with Gasteiger partial charge in [-0.2, -0.15) is 0 Å². The van der Waals surface area contributed by atoms with Gasteiger partial charge in [-0.3, -0.25) is 4.90 Å². The van der Waals surface area contributed by atoms with Crippen molar-refractivity contribution in [1.82, 2.24) is 4.90 Å². The number of nitrogens with zero attached hydrogens (tertiary/aromatic N) is 1. The lowest BCUT2D eigenvalue weighted by Gasteiger charge is -2.33. The number of halogens is 1. The average molecular weight is 237 g/mol. The number of hydrogen-bond acceptors (Lipinski definition) is 2. The molecule has 0 bridgehead atoms. The van der Waals surface area contributed by atoms with Gasteiger partial charge in [-0.1, -0.05) is 12.5 Å². The molecule has 0 saturated carbocycles. The van der Waals surface area contributed by atoms with Crippen LogP contribution in [0.4, 0.5) is 4.39 Å². The predicted molar refractivity (Wildman–Crippen MR) is 66.7 cm³/mol. The molecule has 17 heavy (non-hydrogen) atoms. The second kappa shape index (κ2) is 5.50. The third-order valence-corrected chi connectivity index (χ3v) is 3.60. The largest absolute Gasteiger partial charge is 0.496 e. The average Bonchev–Trinajstić information content (AvgIpc) is 2.34. The van der Waals surface area contributed by atoms with Gasteiger partial charge < -0.3 is 4.74 Å². The molecule has 1 atom stereocenters. The molecule has 1 aliphatic rings. The van der Waals surface area contributed by atoms with Crippen molar-refractivity contribution in [2.24, 2.45) is 0 Å². The number of likely N-dealkylation sites (tertiary alicyclic amines) is 1. The first-order chi connectivity index (χ1) is 8.22. The van der Waals surface area contributed by atoms with Gasteiger partial charge in [-0.25, -0.2) is 4.39 Å². The predicted octanol–water partition coefficient (Wildman–Crippen LogP) is 3.21. The summed E-state index contributed by atoms with van der Waals surface area (Å²) in [6.45, 7) is 3.92. The Hall–Kier alpha value is -1.09.